The lowest BCUT2D eigenvalue weighted by atomic mass is 9.98. The number of aryl methyl sites for hydroxylation is 1. The molecule has 0 radical (unpaired) electrons. The van der Waals surface area contributed by atoms with E-state index in [2.05, 4.69) is 5.32 Å². The molecule has 0 unspecified atom stereocenters. The van der Waals surface area contributed by atoms with E-state index in [9.17, 15) is 24.3 Å². The molecule has 7 nitrogen and oxygen atoms in total. The maximum atomic E-state index is 12.6. The van der Waals surface area contributed by atoms with Gasteiger partial charge in [-0.3, -0.25) is 19.2 Å². The highest BCUT2D eigenvalue weighted by atomic mass is 16.3. The first kappa shape index (κ1) is 19.0. The van der Waals surface area contributed by atoms with Crippen LogP contribution in [0, 0.1) is 0 Å². The van der Waals surface area contributed by atoms with Gasteiger partial charge in [-0.2, -0.15) is 0 Å². The monoisotopic (exact) mass is 378 g/mol. The Morgan fingerprint density at radius 3 is 2.57 bits per heavy atom. The van der Waals surface area contributed by atoms with Crippen molar-refractivity contribution in [3.8, 4) is 16.9 Å². The lowest BCUT2D eigenvalue weighted by molar-refractivity contribution is -0.116. The summed E-state index contributed by atoms with van der Waals surface area (Å²) in [5.74, 6) is -1.57. The Kier molecular flexibility index (Phi) is 5.08. The second kappa shape index (κ2) is 7.48. The molecule has 1 amide bonds. The van der Waals surface area contributed by atoms with Gasteiger partial charge in [-0.15, -0.1) is 0 Å². The zero-order chi connectivity index (χ0) is 20.4. The van der Waals surface area contributed by atoms with Gasteiger partial charge < -0.3 is 15.0 Å². The molecule has 0 saturated carbocycles. The van der Waals surface area contributed by atoms with Crippen LogP contribution in [0.5, 0.6) is 5.75 Å². The molecule has 2 aromatic carbocycles. The molecule has 1 aromatic heterocycles. The quantitative estimate of drug-likeness (QED) is 0.661. The van der Waals surface area contributed by atoms with Gasteiger partial charge in [-0.05, 0) is 30.2 Å². The molecule has 7 heteroatoms. The van der Waals surface area contributed by atoms with Gasteiger partial charge in [-0.1, -0.05) is 30.3 Å². The minimum atomic E-state index is -0.825. The van der Waals surface area contributed by atoms with Crippen LogP contribution in [-0.2, 0) is 11.8 Å². The summed E-state index contributed by atoms with van der Waals surface area (Å²) in [7, 11) is 1.49. The molecule has 28 heavy (non-hydrogen) atoms. The Hall–Kier alpha value is -3.74. The third-order valence-corrected chi connectivity index (χ3v) is 4.49. The smallest absolute Gasteiger partial charge is 0.267 e. The molecule has 0 aliphatic heterocycles. The van der Waals surface area contributed by atoms with Crippen molar-refractivity contribution in [3.05, 3.63) is 63.9 Å². The summed E-state index contributed by atoms with van der Waals surface area (Å²) < 4.78 is 1.26. The molecule has 0 fully saturated rings. The number of Topliss-reactive ketones (excluding diaryl/α,β-unsaturated/α-hetero) is 1. The highest BCUT2D eigenvalue weighted by Gasteiger charge is 2.21. The van der Waals surface area contributed by atoms with E-state index in [1.165, 1.54) is 18.5 Å². The molecule has 1 heterocycles. The number of fused-ring (bicyclic) bond motifs is 1. The van der Waals surface area contributed by atoms with Crippen molar-refractivity contribution in [2.75, 3.05) is 6.54 Å². The molecule has 3 rings (SSSR count). The largest absolute Gasteiger partial charge is 0.506 e. The number of aromatic nitrogens is 1. The normalized spacial score (nSPS) is 10.6. The van der Waals surface area contributed by atoms with E-state index in [0.717, 1.165) is 6.29 Å². The highest BCUT2D eigenvalue weighted by molar-refractivity contribution is 6.04. The van der Waals surface area contributed by atoms with Crippen LogP contribution in [0.25, 0.3) is 22.0 Å². The lowest BCUT2D eigenvalue weighted by Crippen LogP contribution is -2.34. The number of ketones is 1. The van der Waals surface area contributed by atoms with E-state index in [4.69, 9.17) is 0 Å². The SMILES string of the molecule is CC(=O)CNC(=O)c1c(O)c2cc(-c3ccccc3C=O)ccc2n(C)c1=O. The fourth-order valence-electron chi connectivity index (χ4n) is 3.06. The van der Waals surface area contributed by atoms with E-state index >= 15 is 0 Å². The van der Waals surface area contributed by atoms with Gasteiger partial charge in [0.1, 0.15) is 17.1 Å². The van der Waals surface area contributed by atoms with E-state index in [1.54, 1.807) is 42.5 Å². The van der Waals surface area contributed by atoms with Gasteiger partial charge in [-0.25, -0.2) is 0 Å². The predicted molar refractivity (Wildman–Crippen MR) is 105 cm³/mol. The average molecular weight is 378 g/mol. The molecule has 0 aliphatic rings. The number of carbonyl (C=O) groups excluding carboxylic acids is 3. The molecule has 0 aliphatic carbocycles. The molecule has 2 N–H and O–H groups in total. The summed E-state index contributed by atoms with van der Waals surface area (Å²) >= 11 is 0. The van der Waals surface area contributed by atoms with Gasteiger partial charge in [0.25, 0.3) is 11.5 Å². The molecule has 142 valence electrons. The van der Waals surface area contributed by atoms with Gasteiger partial charge in [0.05, 0.1) is 12.1 Å². The van der Waals surface area contributed by atoms with E-state index in [1.807, 2.05) is 0 Å². The third-order valence-electron chi connectivity index (χ3n) is 4.49. The zero-order valence-electron chi connectivity index (χ0n) is 15.4. The molecule has 0 saturated heterocycles. The van der Waals surface area contributed by atoms with Gasteiger partial charge in [0.15, 0.2) is 6.29 Å². The first-order valence-corrected chi connectivity index (χ1v) is 8.53. The van der Waals surface area contributed by atoms with Crippen LogP contribution in [0.15, 0.2) is 47.3 Å². The summed E-state index contributed by atoms with van der Waals surface area (Å²) in [6.45, 7) is 1.06. The number of aldehydes is 1. The molecule has 3 aromatic rings. The number of benzene rings is 2. The van der Waals surface area contributed by atoms with Crippen LogP contribution < -0.4 is 10.9 Å². The van der Waals surface area contributed by atoms with Crippen molar-refractivity contribution in [2.24, 2.45) is 7.05 Å². The molecule has 0 atom stereocenters. The van der Waals surface area contributed by atoms with E-state index < -0.39 is 22.8 Å². The zero-order valence-corrected chi connectivity index (χ0v) is 15.4. The van der Waals surface area contributed by atoms with Gasteiger partial charge >= 0.3 is 0 Å². The number of hydrogen-bond donors (Lipinski definition) is 2. The maximum Gasteiger partial charge on any atom is 0.267 e. The Labute approximate surface area is 160 Å². The third kappa shape index (κ3) is 3.29. The average Bonchev–Trinajstić information content (AvgIpc) is 2.70. The number of carbonyl (C=O) groups is 3. The van der Waals surface area contributed by atoms with Crippen molar-refractivity contribution < 1.29 is 19.5 Å². The Balaban J connectivity index is 2.23. The second-order valence-electron chi connectivity index (χ2n) is 6.41. The Bertz CT molecular complexity index is 1180. The van der Waals surface area contributed by atoms with Crippen molar-refractivity contribution in [1.29, 1.82) is 0 Å². The highest BCUT2D eigenvalue weighted by Crippen LogP contribution is 2.31. The summed E-state index contributed by atoms with van der Waals surface area (Å²) in [5.41, 5.74) is 1.11. The number of rotatable bonds is 5. The molecular weight excluding hydrogens is 360 g/mol. The van der Waals surface area contributed by atoms with Crippen LogP contribution in [-0.4, -0.2) is 34.2 Å². The van der Waals surface area contributed by atoms with Crippen LogP contribution in [0.1, 0.15) is 27.6 Å². The summed E-state index contributed by atoms with van der Waals surface area (Å²) in [4.78, 5) is 47.3. The summed E-state index contributed by atoms with van der Waals surface area (Å²) in [5, 5.41) is 13.3. The van der Waals surface area contributed by atoms with Crippen LogP contribution in [0.2, 0.25) is 0 Å². The fourth-order valence-corrected chi connectivity index (χ4v) is 3.06. The first-order valence-electron chi connectivity index (χ1n) is 8.53. The maximum absolute atomic E-state index is 12.6. The van der Waals surface area contributed by atoms with Crippen molar-refractivity contribution in [3.63, 3.8) is 0 Å². The minimum absolute atomic E-state index is 0.244. The number of pyridine rings is 1. The van der Waals surface area contributed by atoms with Crippen molar-refractivity contribution in [2.45, 2.75) is 6.92 Å². The molecule has 0 spiro atoms. The van der Waals surface area contributed by atoms with E-state index in [0.29, 0.717) is 22.2 Å². The van der Waals surface area contributed by atoms with Crippen LogP contribution in [0.3, 0.4) is 0 Å². The molecular formula is C21H18N2O5. The number of nitrogens with zero attached hydrogens (tertiary/aromatic N) is 1. The topological polar surface area (TPSA) is 105 Å². The second-order valence-corrected chi connectivity index (χ2v) is 6.41. The van der Waals surface area contributed by atoms with Gasteiger partial charge in [0, 0.05) is 18.0 Å². The van der Waals surface area contributed by atoms with Crippen molar-refractivity contribution in [1.82, 2.24) is 9.88 Å². The number of hydrogen-bond acceptors (Lipinski definition) is 5. The van der Waals surface area contributed by atoms with E-state index in [-0.39, 0.29) is 17.7 Å². The number of amides is 1. The van der Waals surface area contributed by atoms with Crippen LogP contribution >= 0.6 is 0 Å². The Morgan fingerprint density at radius 2 is 1.89 bits per heavy atom. The summed E-state index contributed by atoms with van der Waals surface area (Å²) in [6.07, 6.45) is 0.737. The minimum Gasteiger partial charge on any atom is -0.506 e. The molecule has 0 bridgehead atoms. The lowest BCUT2D eigenvalue weighted by Gasteiger charge is -2.13. The fraction of sp³-hybridized carbons (Fsp3) is 0.143. The van der Waals surface area contributed by atoms with Crippen molar-refractivity contribution >= 4 is 28.9 Å². The predicted octanol–water partition coefficient (Wildman–Crippen LogP) is 2.04. The summed E-state index contributed by atoms with van der Waals surface area (Å²) in [6, 6.07) is 12.0. The first-order chi connectivity index (χ1) is 13.3. The Morgan fingerprint density at radius 1 is 1.18 bits per heavy atom. The van der Waals surface area contributed by atoms with Gasteiger partial charge in [0.2, 0.25) is 0 Å². The van der Waals surface area contributed by atoms with Crippen LogP contribution in [0.4, 0.5) is 0 Å². The number of aromatic hydroxyl groups is 1. The standard InChI is InChI=1S/C21H18N2O5/c1-12(25)10-22-20(27)18-19(26)16-9-13(7-8-17(16)23(2)21(18)28)15-6-4-3-5-14(15)11-24/h3-9,11,26H,10H2,1-2H3,(H,22,27). The number of nitrogens with one attached hydrogen (secondary N) is 1.